The molecular weight excluding hydrogens is 210 g/mol. The lowest BCUT2D eigenvalue weighted by molar-refractivity contribution is 0.582. The first kappa shape index (κ1) is 11.7. The van der Waals surface area contributed by atoms with Crippen LogP contribution in [-0.2, 0) is 5.41 Å². The van der Waals surface area contributed by atoms with E-state index in [-0.39, 0.29) is 5.41 Å². The molecule has 1 heterocycles. The number of nitrogen functional groups attached to an aromatic ring is 1. The van der Waals surface area contributed by atoms with Crippen molar-refractivity contribution in [1.29, 1.82) is 0 Å². The Bertz CT molecular complexity index is 533. The Morgan fingerprint density at radius 1 is 1.18 bits per heavy atom. The summed E-state index contributed by atoms with van der Waals surface area (Å²) in [5, 5.41) is 4.35. The van der Waals surface area contributed by atoms with Gasteiger partial charge in [0.1, 0.15) is 5.82 Å². The number of benzene rings is 1. The molecule has 0 aliphatic carbocycles. The Hall–Kier alpha value is -1.77. The van der Waals surface area contributed by atoms with Crippen molar-refractivity contribution in [3.05, 3.63) is 41.6 Å². The zero-order chi connectivity index (χ0) is 12.6. The minimum atomic E-state index is 0.0870. The molecule has 3 nitrogen and oxygen atoms in total. The second-order valence-corrected chi connectivity index (χ2v) is 5.39. The minimum absolute atomic E-state index is 0.0870. The van der Waals surface area contributed by atoms with Gasteiger partial charge >= 0.3 is 0 Å². The van der Waals surface area contributed by atoms with Gasteiger partial charge in [0, 0.05) is 11.8 Å². The summed E-state index contributed by atoms with van der Waals surface area (Å²) < 4.78 is 1.91. The summed E-state index contributed by atoms with van der Waals surface area (Å²) in [4.78, 5) is 0. The molecule has 1 aromatic carbocycles. The van der Waals surface area contributed by atoms with E-state index in [1.165, 1.54) is 5.56 Å². The molecule has 0 amide bonds. The van der Waals surface area contributed by atoms with Gasteiger partial charge in [-0.2, -0.15) is 5.10 Å². The summed E-state index contributed by atoms with van der Waals surface area (Å²) in [5.41, 5.74) is 9.26. The number of rotatable bonds is 1. The zero-order valence-electron chi connectivity index (χ0n) is 10.9. The zero-order valence-corrected chi connectivity index (χ0v) is 10.9. The van der Waals surface area contributed by atoms with E-state index in [9.17, 15) is 0 Å². The van der Waals surface area contributed by atoms with Crippen LogP contribution in [0.5, 0.6) is 0 Å². The van der Waals surface area contributed by atoms with E-state index in [1.54, 1.807) is 0 Å². The fourth-order valence-electron chi connectivity index (χ4n) is 2.03. The van der Waals surface area contributed by atoms with Crippen LogP contribution in [0.1, 0.15) is 32.0 Å². The van der Waals surface area contributed by atoms with E-state index in [4.69, 9.17) is 5.73 Å². The van der Waals surface area contributed by atoms with Gasteiger partial charge in [0.05, 0.1) is 5.69 Å². The largest absolute Gasteiger partial charge is 0.382 e. The summed E-state index contributed by atoms with van der Waals surface area (Å²) in [6.45, 7) is 8.62. The highest BCUT2D eigenvalue weighted by Gasteiger charge is 2.19. The van der Waals surface area contributed by atoms with E-state index >= 15 is 0 Å². The molecule has 2 aromatic rings. The fourth-order valence-corrected chi connectivity index (χ4v) is 2.03. The number of hydrogen-bond acceptors (Lipinski definition) is 2. The second kappa shape index (κ2) is 3.91. The van der Waals surface area contributed by atoms with Crippen molar-refractivity contribution in [3.63, 3.8) is 0 Å². The highest BCUT2D eigenvalue weighted by Crippen LogP contribution is 2.28. The third kappa shape index (κ3) is 2.18. The average Bonchev–Trinajstić information content (AvgIpc) is 2.56. The summed E-state index contributed by atoms with van der Waals surface area (Å²) in [6.07, 6.45) is 0. The van der Waals surface area contributed by atoms with Crippen LogP contribution < -0.4 is 5.73 Å². The predicted molar refractivity (Wildman–Crippen MR) is 71.4 cm³/mol. The molecule has 0 unspecified atom stereocenters. The molecule has 0 aliphatic rings. The summed E-state index contributed by atoms with van der Waals surface area (Å²) in [6, 6.07) is 10.2. The quantitative estimate of drug-likeness (QED) is 0.816. The molecule has 2 N–H and O–H groups in total. The Morgan fingerprint density at radius 3 is 2.35 bits per heavy atom. The van der Waals surface area contributed by atoms with Gasteiger partial charge in [-0.1, -0.05) is 39.0 Å². The number of anilines is 1. The molecule has 1 aromatic heterocycles. The van der Waals surface area contributed by atoms with Crippen molar-refractivity contribution in [1.82, 2.24) is 9.78 Å². The maximum atomic E-state index is 5.74. The average molecular weight is 229 g/mol. The maximum Gasteiger partial charge on any atom is 0.146 e. The smallest absolute Gasteiger partial charge is 0.146 e. The second-order valence-electron chi connectivity index (χ2n) is 5.39. The van der Waals surface area contributed by atoms with Crippen molar-refractivity contribution in [3.8, 4) is 5.69 Å². The molecule has 0 atom stereocenters. The number of nitrogens with two attached hydrogens (primary N) is 1. The molecule has 90 valence electrons. The van der Waals surface area contributed by atoms with E-state index in [2.05, 4.69) is 44.1 Å². The van der Waals surface area contributed by atoms with Crippen LogP contribution in [0.3, 0.4) is 0 Å². The van der Waals surface area contributed by atoms with Gasteiger partial charge in [0.2, 0.25) is 0 Å². The Balaban J connectivity index is 2.64. The molecule has 0 saturated carbocycles. The standard InChI is InChI=1S/C14H19N3/c1-10-9-13(15)16-17(10)12-8-6-5-7-11(12)14(2,3)4/h5-9H,1-4H3,(H2,15,16). The van der Waals surface area contributed by atoms with Gasteiger partial charge in [-0.3, -0.25) is 0 Å². The van der Waals surface area contributed by atoms with E-state index < -0.39 is 0 Å². The number of hydrogen-bond donors (Lipinski definition) is 1. The molecule has 0 aliphatic heterocycles. The van der Waals surface area contributed by atoms with Gasteiger partial charge < -0.3 is 5.73 Å². The van der Waals surface area contributed by atoms with Crippen molar-refractivity contribution in [2.24, 2.45) is 0 Å². The first-order valence-electron chi connectivity index (χ1n) is 5.81. The topological polar surface area (TPSA) is 43.8 Å². The van der Waals surface area contributed by atoms with E-state index in [0.29, 0.717) is 5.82 Å². The lowest BCUT2D eigenvalue weighted by Crippen LogP contribution is -2.16. The summed E-state index contributed by atoms with van der Waals surface area (Å²) >= 11 is 0. The Morgan fingerprint density at radius 2 is 1.82 bits per heavy atom. The van der Waals surface area contributed by atoms with Gasteiger partial charge in [-0.05, 0) is 24.0 Å². The molecular formula is C14H19N3. The maximum absolute atomic E-state index is 5.74. The van der Waals surface area contributed by atoms with Crippen molar-refractivity contribution < 1.29 is 0 Å². The van der Waals surface area contributed by atoms with Crippen LogP contribution in [0.4, 0.5) is 5.82 Å². The molecule has 0 spiro atoms. The molecule has 0 saturated heterocycles. The van der Waals surface area contributed by atoms with Crippen LogP contribution in [0, 0.1) is 6.92 Å². The van der Waals surface area contributed by atoms with Gasteiger partial charge in [-0.15, -0.1) is 0 Å². The van der Waals surface area contributed by atoms with E-state index in [1.807, 2.05) is 23.7 Å². The predicted octanol–water partition coefficient (Wildman–Crippen LogP) is 3.06. The van der Waals surface area contributed by atoms with Crippen molar-refractivity contribution in [2.45, 2.75) is 33.1 Å². The van der Waals surface area contributed by atoms with Crippen molar-refractivity contribution >= 4 is 5.82 Å². The molecule has 0 radical (unpaired) electrons. The normalized spacial score (nSPS) is 11.8. The third-order valence-electron chi connectivity index (χ3n) is 2.85. The number of aryl methyl sites for hydroxylation is 1. The fraction of sp³-hybridized carbons (Fsp3) is 0.357. The van der Waals surface area contributed by atoms with Crippen LogP contribution in [0.25, 0.3) is 5.69 Å². The molecule has 2 rings (SSSR count). The molecule has 0 fully saturated rings. The van der Waals surface area contributed by atoms with Crippen LogP contribution >= 0.6 is 0 Å². The Labute approximate surface area is 102 Å². The van der Waals surface area contributed by atoms with Gasteiger partial charge in [0.15, 0.2) is 0 Å². The van der Waals surface area contributed by atoms with Crippen LogP contribution in [0.15, 0.2) is 30.3 Å². The lowest BCUT2D eigenvalue weighted by Gasteiger charge is -2.23. The minimum Gasteiger partial charge on any atom is -0.382 e. The number of para-hydroxylation sites is 1. The molecule has 3 heteroatoms. The van der Waals surface area contributed by atoms with E-state index in [0.717, 1.165) is 11.4 Å². The van der Waals surface area contributed by atoms with Gasteiger partial charge in [-0.25, -0.2) is 4.68 Å². The SMILES string of the molecule is Cc1cc(N)nn1-c1ccccc1C(C)(C)C. The van der Waals surface area contributed by atoms with Crippen LogP contribution in [0.2, 0.25) is 0 Å². The first-order chi connectivity index (χ1) is 7.89. The summed E-state index contributed by atoms with van der Waals surface area (Å²) in [7, 11) is 0. The van der Waals surface area contributed by atoms with Crippen LogP contribution in [-0.4, -0.2) is 9.78 Å². The Kier molecular flexibility index (Phi) is 2.69. The molecule has 0 bridgehead atoms. The highest BCUT2D eigenvalue weighted by atomic mass is 15.3. The molecule has 17 heavy (non-hydrogen) atoms. The summed E-state index contributed by atoms with van der Waals surface area (Å²) in [5.74, 6) is 0.561. The number of aromatic nitrogens is 2. The monoisotopic (exact) mass is 229 g/mol. The lowest BCUT2D eigenvalue weighted by atomic mass is 9.86. The third-order valence-corrected chi connectivity index (χ3v) is 2.85. The van der Waals surface area contributed by atoms with Crippen molar-refractivity contribution in [2.75, 3.05) is 5.73 Å². The highest BCUT2D eigenvalue weighted by molar-refractivity contribution is 5.47. The van der Waals surface area contributed by atoms with Gasteiger partial charge in [0.25, 0.3) is 0 Å². The number of nitrogens with zero attached hydrogens (tertiary/aromatic N) is 2. The first-order valence-corrected chi connectivity index (χ1v) is 5.81.